The summed E-state index contributed by atoms with van der Waals surface area (Å²) in [5, 5.41) is 9.94. The van der Waals surface area contributed by atoms with Gasteiger partial charge < -0.3 is 4.74 Å². The van der Waals surface area contributed by atoms with E-state index in [2.05, 4.69) is 0 Å². The van der Waals surface area contributed by atoms with Crippen LogP contribution in [0, 0.1) is 10.1 Å². The van der Waals surface area contributed by atoms with Crippen LogP contribution in [0.25, 0.3) is 0 Å². The van der Waals surface area contributed by atoms with Gasteiger partial charge >= 0.3 is 0 Å². The van der Waals surface area contributed by atoms with E-state index in [1.54, 1.807) is 0 Å². The lowest BCUT2D eigenvalue weighted by molar-refractivity contribution is -0.402. The zero-order chi connectivity index (χ0) is 11.1. The van der Waals surface area contributed by atoms with E-state index in [0.717, 1.165) is 31.8 Å². The molecule has 0 aliphatic heterocycles. The van der Waals surface area contributed by atoms with Gasteiger partial charge in [0, 0.05) is 0 Å². The summed E-state index contributed by atoms with van der Waals surface area (Å²) in [6.45, 7) is -0.0466. The summed E-state index contributed by atoms with van der Waals surface area (Å²) >= 11 is 0. The number of carbonyl (C=O) groups is 1. The Labute approximate surface area is 88.3 Å². The van der Waals surface area contributed by atoms with Crippen molar-refractivity contribution in [3.63, 3.8) is 0 Å². The van der Waals surface area contributed by atoms with Gasteiger partial charge in [0.2, 0.25) is 6.20 Å². The number of hydrogen-bond donors (Lipinski definition) is 0. The number of nitrogens with zero attached hydrogens (tertiary/aromatic N) is 1. The average Bonchev–Trinajstić information content (AvgIpc) is 2.25. The van der Waals surface area contributed by atoms with E-state index in [9.17, 15) is 14.9 Å². The Kier molecular flexibility index (Phi) is 4.97. The van der Waals surface area contributed by atoms with Crippen molar-refractivity contribution in [1.82, 2.24) is 0 Å². The first-order valence-electron chi connectivity index (χ1n) is 5.14. The highest BCUT2D eigenvalue weighted by atomic mass is 16.6. The molecule has 0 amide bonds. The first kappa shape index (κ1) is 11.8. The summed E-state index contributed by atoms with van der Waals surface area (Å²) in [6, 6.07) is 0. The van der Waals surface area contributed by atoms with E-state index in [1.165, 1.54) is 6.42 Å². The van der Waals surface area contributed by atoms with Gasteiger partial charge in [-0.05, 0) is 12.8 Å². The predicted molar refractivity (Wildman–Crippen MR) is 54.0 cm³/mol. The van der Waals surface area contributed by atoms with Crippen molar-refractivity contribution >= 4 is 5.78 Å². The highest BCUT2D eigenvalue weighted by Gasteiger charge is 2.14. The number of nitro groups is 1. The van der Waals surface area contributed by atoms with E-state index < -0.39 is 4.92 Å². The lowest BCUT2D eigenvalue weighted by Crippen LogP contribution is -2.20. The standard InChI is InChI=1S/C10H15NO4/c12-9(6-7-11(13)14)8-15-10-4-2-1-3-5-10/h6-7,10H,1-5,8H2/b7-6-. The van der Waals surface area contributed by atoms with Crippen LogP contribution in [0.1, 0.15) is 32.1 Å². The van der Waals surface area contributed by atoms with Gasteiger partial charge in [0.15, 0.2) is 5.78 Å². The molecule has 0 N–H and O–H groups in total. The zero-order valence-electron chi connectivity index (χ0n) is 8.55. The Morgan fingerprint density at radius 2 is 2.07 bits per heavy atom. The maximum atomic E-state index is 11.1. The van der Waals surface area contributed by atoms with Crippen LogP contribution < -0.4 is 0 Å². The van der Waals surface area contributed by atoms with Crippen molar-refractivity contribution in [1.29, 1.82) is 0 Å². The van der Waals surface area contributed by atoms with Gasteiger partial charge in [-0.2, -0.15) is 0 Å². The highest BCUT2D eigenvalue weighted by Crippen LogP contribution is 2.19. The highest BCUT2D eigenvalue weighted by molar-refractivity contribution is 5.90. The maximum Gasteiger partial charge on any atom is 0.238 e. The molecule has 0 aromatic carbocycles. The number of hydrogen-bond acceptors (Lipinski definition) is 4. The van der Waals surface area contributed by atoms with Crippen LogP contribution in [0.5, 0.6) is 0 Å². The molecule has 5 nitrogen and oxygen atoms in total. The van der Waals surface area contributed by atoms with E-state index in [-0.39, 0.29) is 18.5 Å². The van der Waals surface area contributed by atoms with Gasteiger partial charge in [-0.1, -0.05) is 19.3 Å². The lowest BCUT2D eigenvalue weighted by atomic mass is 9.98. The molecule has 0 heterocycles. The van der Waals surface area contributed by atoms with Crippen LogP contribution in [0.4, 0.5) is 0 Å². The van der Waals surface area contributed by atoms with Crippen LogP contribution >= 0.6 is 0 Å². The molecule has 1 fully saturated rings. The third-order valence-electron chi connectivity index (χ3n) is 2.40. The minimum absolute atomic E-state index is 0.0466. The molecule has 1 aliphatic carbocycles. The van der Waals surface area contributed by atoms with Gasteiger partial charge in [0.1, 0.15) is 6.61 Å². The van der Waals surface area contributed by atoms with E-state index in [1.807, 2.05) is 0 Å². The second kappa shape index (κ2) is 6.29. The van der Waals surface area contributed by atoms with Gasteiger partial charge in [-0.25, -0.2) is 0 Å². The van der Waals surface area contributed by atoms with Crippen molar-refractivity contribution in [2.45, 2.75) is 38.2 Å². The minimum Gasteiger partial charge on any atom is -0.370 e. The number of ether oxygens (including phenoxy) is 1. The van der Waals surface area contributed by atoms with E-state index >= 15 is 0 Å². The fourth-order valence-corrected chi connectivity index (χ4v) is 1.62. The molecule has 0 atom stereocenters. The molecule has 1 saturated carbocycles. The Bertz CT molecular complexity index is 256. The zero-order valence-corrected chi connectivity index (χ0v) is 8.55. The van der Waals surface area contributed by atoms with Crippen molar-refractivity contribution < 1.29 is 14.5 Å². The third-order valence-corrected chi connectivity index (χ3v) is 2.40. The van der Waals surface area contributed by atoms with Gasteiger partial charge in [-0.15, -0.1) is 0 Å². The Hall–Kier alpha value is -1.23. The minimum atomic E-state index is -0.654. The van der Waals surface area contributed by atoms with Crippen LogP contribution in [-0.2, 0) is 9.53 Å². The fraction of sp³-hybridized carbons (Fsp3) is 0.700. The smallest absolute Gasteiger partial charge is 0.238 e. The summed E-state index contributed by atoms with van der Waals surface area (Å²) in [7, 11) is 0. The summed E-state index contributed by atoms with van der Waals surface area (Å²) in [5.74, 6) is -0.350. The van der Waals surface area contributed by atoms with Crippen LogP contribution in [0.3, 0.4) is 0 Å². The molecule has 5 heteroatoms. The fourth-order valence-electron chi connectivity index (χ4n) is 1.62. The second-order valence-electron chi connectivity index (χ2n) is 3.64. The molecule has 0 bridgehead atoms. The quantitative estimate of drug-likeness (QED) is 0.396. The molecular formula is C10H15NO4. The van der Waals surface area contributed by atoms with Crippen molar-refractivity contribution in [2.24, 2.45) is 0 Å². The van der Waals surface area contributed by atoms with Crippen molar-refractivity contribution in [3.05, 3.63) is 22.4 Å². The molecule has 1 aliphatic rings. The predicted octanol–water partition coefficient (Wildman–Crippen LogP) is 1.70. The van der Waals surface area contributed by atoms with Gasteiger partial charge in [0.25, 0.3) is 0 Å². The summed E-state index contributed by atoms with van der Waals surface area (Å²) in [6.07, 6.45) is 7.25. The molecule has 0 unspecified atom stereocenters. The maximum absolute atomic E-state index is 11.1. The normalized spacial score (nSPS) is 18.1. The molecule has 0 saturated heterocycles. The van der Waals surface area contributed by atoms with E-state index in [4.69, 9.17) is 4.74 Å². The SMILES string of the molecule is O=C(/C=C\[N+](=O)[O-])COC1CCCCC1. The molecule has 15 heavy (non-hydrogen) atoms. The molecule has 0 spiro atoms. The third kappa shape index (κ3) is 5.27. The van der Waals surface area contributed by atoms with Gasteiger partial charge in [-0.3, -0.25) is 14.9 Å². The van der Waals surface area contributed by atoms with Crippen molar-refractivity contribution in [2.75, 3.05) is 6.61 Å². The number of carbonyl (C=O) groups excluding carboxylic acids is 1. The Balaban J connectivity index is 2.18. The summed E-state index contributed by atoms with van der Waals surface area (Å²) < 4.78 is 5.35. The lowest BCUT2D eigenvalue weighted by Gasteiger charge is -2.21. The first-order valence-corrected chi connectivity index (χ1v) is 5.14. The molecule has 1 rings (SSSR count). The Morgan fingerprint density at radius 3 is 2.67 bits per heavy atom. The molecule has 84 valence electrons. The topological polar surface area (TPSA) is 69.4 Å². The monoisotopic (exact) mass is 213 g/mol. The summed E-state index contributed by atoms with van der Waals surface area (Å²) in [4.78, 5) is 20.4. The van der Waals surface area contributed by atoms with Crippen molar-refractivity contribution in [3.8, 4) is 0 Å². The second-order valence-corrected chi connectivity index (χ2v) is 3.64. The van der Waals surface area contributed by atoms with Gasteiger partial charge in [0.05, 0.1) is 17.1 Å². The molecule has 0 radical (unpaired) electrons. The van der Waals surface area contributed by atoms with Crippen LogP contribution in [0.2, 0.25) is 0 Å². The number of rotatable bonds is 5. The number of ketones is 1. The average molecular weight is 213 g/mol. The van der Waals surface area contributed by atoms with Crippen LogP contribution in [0.15, 0.2) is 12.3 Å². The van der Waals surface area contributed by atoms with E-state index in [0.29, 0.717) is 6.20 Å². The first-order chi connectivity index (χ1) is 7.18. The largest absolute Gasteiger partial charge is 0.370 e. The van der Waals surface area contributed by atoms with Crippen LogP contribution in [-0.4, -0.2) is 23.4 Å². The molecular weight excluding hydrogens is 198 g/mol. The summed E-state index contributed by atoms with van der Waals surface area (Å²) in [5.41, 5.74) is 0. The molecule has 0 aromatic heterocycles. The molecule has 0 aromatic rings. The Morgan fingerprint density at radius 1 is 1.40 bits per heavy atom.